The Hall–Kier alpha value is -5.55. The number of carbonyl (C=O) groups excluding carboxylic acids is 2. The highest BCUT2D eigenvalue weighted by molar-refractivity contribution is 7.99. The first-order valence-electron chi connectivity index (χ1n) is 22.8. The van der Waals surface area contributed by atoms with Gasteiger partial charge in [0.05, 0.1) is 46.7 Å². The zero-order chi connectivity index (χ0) is 50.0. The fraction of sp³-hybridized carbons (Fsp3) is 0.468. The van der Waals surface area contributed by atoms with Gasteiger partial charge in [-0.2, -0.15) is 23.4 Å². The van der Waals surface area contributed by atoms with Gasteiger partial charge in [0.1, 0.15) is 32.8 Å². The Morgan fingerprint density at radius 3 is 1.70 bits per heavy atom. The maximum atomic E-state index is 13.2. The molecule has 0 unspecified atom stereocenters. The van der Waals surface area contributed by atoms with E-state index in [9.17, 15) is 22.6 Å². The number of anilines is 6. The summed E-state index contributed by atoms with van der Waals surface area (Å²) in [6.45, 7) is 20.8. The van der Waals surface area contributed by atoms with Crippen LogP contribution in [0.1, 0.15) is 106 Å². The van der Waals surface area contributed by atoms with Gasteiger partial charge < -0.3 is 29.9 Å². The van der Waals surface area contributed by atoms with Crippen LogP contribution in [0.5, 0.6) is 11.5 Å². The van der Waals surface area contributed by atoms with Crippen LogP contribution in [0.4, 0.5) is 56.0 Å². The lowest BCUT2D eigenvalue weighted by molar-refractivity contribution is 0.0907. The minimum absolute atomic E-state index is 0.114. The number of aromatic nitrogens is 3. The van der Waals surface area contributed by atoms with Gasteiger partial charge in [0.2, 0.25) is 11.9 Å². The van der Waals surface area contributed by atoms with Gasteiger partial charge in [-0.1, -0.05) is 46.4 Å². The van der Waals surface area contributed by atoms with Crippen molar-refractivity contribution in [2.75, 3.05) is 66.6 Å². The predicted molar refractivity (Wildman–Crippen MR) is 276 cm³/mol. The Labute approximate surface area is 415 Å². The average Bonchev–Trinajstić information content (AvgIpc) is 3.87. The van der Waals surface area contributed by atoms with Gasteiger partial charge in [-0.05, 0) is 86.4 Å². The zero-order valence-electron chi connectivity index (χ0n) is 40.8. The molecule has 2 aliphatic carbocycles. The van der Waals surface area contributed by atoms with Crippen LogP contribution < -0.4 is 29.9 Å². The van der Waals surface area contributed by atoms with Crippen LogP contribution in [-0.2, 0) is 23.0 Å². The third-order valence-corrected chi connectivity index (χ3v) is 15.9. The van der Waals surface area contributed by atoms with E-state index in [1.54, 1.807) is 26.4 Å². The molecular formula is C47H59N11O7S4. The zero-order valence-corrected chi connectivity index (χ0v) is 44.1. The number of fused-ring (bicyclic) bond motifs is 2. The number of Topliss-reactive ketones (excluding diaryl/α,β-unsaturated/α-hetero) is 2. The summed E-state index contributed by atoms with van der Waals surface area (Å²) in [5.74, 6) is 1.93. The molecule has 0 saturated heterocycles. The Morgan fingerprint density at radius 1 is 0.696 bits per heavy atom. The lowest BCUT2D eigenvalue weighted by atomic mass is 9.76. The van der Waals surface area contributed by atoms with E-state index in [2.05, 4.69) is 63.5 Å². The number of hydrogen-bond acceptors (Lipinski definition) is 20. The van der Waals surface area contributed by atoms with Crippen molar-refractivity contribution in [2.24, 2.45) is 31.3 Å². The third-order valence-electron chi connectivity index (χ3n) is 11.8. The van der Waals surface area contributed by atoms with Crippen LogP contribution >= 0.6 is 34.4 Å². The standard InChI is InChI=1S/C47H59N11O7S4/c1-12-57(13-2)32-18-28(30(20-36(32)64-10)53-55-38-17-26-22-46(6,7)24-34(59)39(26)67-38)48-43-50-44(52-45(51-43)66-16-5)49-29-19-33(58(14-3)15-4)37(65-11)21-31(29)54-56-42-41(69(61,62)63)27-23-47(8,9)25-35(60)40(27)68-42/h17-21H,12-16,22-25H2,1-11H3,(H,61,62,63)(H2,48,49,50,51,52)/b55-53+,56-54+. The number of thiophene rings is 2. The molecule has 3 heterocycles. The van der Waals surface area contributed by atoms with Gasteiger partial charge in [-0.25, -0.2) is 0 Å². The van der Waals surface area contributed by atoms with Crippen molar-refractivity contribution in [2.45, 2.75) is 98.0 Å². The molecule has 0 spiro atoms. The second-order valence-electron chi connectivity index (χ2n) is 18.1. The molecule has 5 aromatic rings. The van der Waals surface area contributed by atoms with Gasteiger partial charge in [0.15, 0.2) is 21.7 Å². The number of nitrogens with zero attached hydrogens (tertiary/aromatic N) is 9. The Morgan fingerprint density at radius 2 is 1.20 bits per heavy atom. The molecule has 3 N–H and O–H groups in total. The van der Waals surface area contributed by atoms with Crippen molar-refractivity contribution in [3.05, 3.63) is 51.2 Å². The van der Waals surface area contributed by atoms with E-state index in [1.165, 1.54) is 23.1 Å². The Balaban J connectivity index is 1.32. The molecule has 368 valence electrons. The molecular weight excluding hydrogens is 959 g/mol. The van der Waals surface area contributed by atoms with E-state index in [-0.39, 0.29) is 62.8 Å². The van der Waals surface area contributed by atoms with Crippen molar-refractivity contribution in [3.63, 3.8) is 0 Å². The molecule has 2 aromatic carbocycles. The number of thioether (sulfide) groups is 1. The normalized spacial score (nSPS) is 15.4. The number of azo groups is 2. The SMILES string of the molecule is CCSc1nc(Nc2cc(N(CC)CC)c(OC)cc2/N=N/c2cc3c(s2)C(=O)CC(C)(C)C3)nc(Nc2cc(N(CC)CC)c(OC)cc2/N=N/c2sc3c(c2S(=O)(=O)O)CC(C)(C)CC3=O)n1. The van der Waals surface area contributed by atoms with E-state index in [4.69, 9.17) is 29.5 Å². The first-order chi connectivity index (χ1) is 32.7. The molecule has 22 heteroatoms. The van der Waals surface area contributed by atoms with Gasteiger partial charge in [0.25, 0.3) is 10.1 Å². The van der Waals surface area contributed by atoms with Crippen LogP contribution in [0, 0.1) is 10.8 Å². The Kier molecular flexibility index (Phi) is 15.5. The lowest BCUT2D eigenvalue weighted by Gasteiger charge is -2.28. The average molecular weight is 1020 g/mol. The lowest BCUT2D eigenvalue weighted by Crippen LogP contribution is -2.26. The maximum Gasteiger partial charge on any atom is 0.297 e. The minimum atomic E-state index is -4.80. The number of benzene rings is 2. The highest BCUT2D eigenvalue weighted by Gasteiger charge is 2.39. The molecule has 0 saturated carbocycles. The van der Waals surface area contributed by atoms with Gasteiger partial charge in [-0.15, -0.1) is 43.1 Å². The number of methoxy groups -OCH3 is 2. The molecule has 0 amide bonds. The summed E-state index contributed by atoms with van der Waals surface area (Å²) in [5, 5.41) is 25.9. The minimum Gasteiger partial charge on any atom is -0.494 e. The van der Waals surface area contributed by atoms with Crippen molar-refractivity contribution < 1.29 is 32.0 Å². The van der Waals surface area contributed by atoms with Crippen LogP contribution in [0.2, 0.25) is 0 Å². The molecule has 0 bridgehead atoms. The highest BCUT2D eigenvalue weighted by Crippen LogP contribution is 2.49. The summed E-state index contributed by atoms with van der Waals surface area (Å²) >= 11 is 3.63. The van der Waals surface area contributed by atoms with Crippen LogP contribution in [0.15, 0.2) is 60.8 Å². The largest absolute Gasteiger partial charge is 0.494 e. The third kappa shape index (κ3) is 11.4. The van der Waals surface area contributed by atoms with Gasteiger partial charge >= 0.3 is 0 Å². The molecule has 0 atom stereocenters. The van der Waals surface area contributed by atoms with Crippen LogP contribution in [0.3, 0.4) is 0 Å². The quantitative estimate of drug-likeness (QED) is 0.0397. The Bertz CT molecular complexity index is 2940. The number of hydrogen-bond donors (Lipinski definition) is 3. The first kappa shape index (κ1) is 51.3. The molecule has 7 rings (SSSR count). The topological polar surface area (TPSA) is 226 Å². The van der Waals surface area contributed by atoms with Crippen LogP contribution in [0.25, 0.3) is 0 Å². The number of carbonyl (C=O) groups is 2. The van der Waals surface area contributed by atoms with Crippen LogP contribution in [-0.4, -0.2) is 85.6 Å². The summed E-state index contributed by atoms with van der Waals surface area (Å²) < 4.78 is 48.0. The summed E-state index contributed by atoms with van der Waals surface area (Å²) in [7, 11) is -1.65. The highest BCUT2D eigenvalue weighted by atomic mass is 32.2. The molecule has 3 aromatic heterocycles. The molecule has 0 fully saturated rings. The molecule has 69 heavy (non-hydrogen) atoms. The summed E-state index contributed by atoms with van der Waals surface area (Å²) in [4.78, 5) is 45.5. The van der Waals surface area contributed by atoms with E-state index < -0.39 is 20.4 Å². The van der Waals surface area contributed by atoms with E-state index in [0.29, 0.717) is 77.1 Å². The molecule has 0 radical (unpaired) electrons. The molecule has 18 nitrogen and oxygen atoms in total. The maximum absolute atomic E-state index is 13.2. The van der Waals surface area contributed by atoms with E-state index in [1.807, 2.05) is 52.8 Å². The number of rotatable bonds is 19. The fourth-order valence-electron chi connectivity index (χ4n) is 8.67. The van der Waals surface area contributed by atoms with Crippen molar-refractivity contribution >= 4 is 112 Å². The predicted octanol–water partition coefficient (Wildman–Crippen LogP) is 12.7. The van der Waals surface area contributed by atoms with E-state index >= 15 is 0 Å². The molecule has 0 aliphatic heterocycles. The van der Waals surface area contributed by atoms with Crippen molar-refractivity contribution in [1.82, 2.24) is 15.0 Å². The van der Waals surface area contributed by atoms with Gasteiger partial charge in [0, 0.05) is 51.2 Å². The van der Waals surface area contributed by atoms with Gasteiger partial charge in [-0.3, -0.25) is 14.1 Å². The second-order valence-corrected chi connectivity index (χ2v) is 22.7. The smallest absolute Gasteiger partial charge is 0.297 e. The number of ether oxygens (including phenoxy) is 2. The fourth-order valence-corrected chi connectivity index (χ4v) is 12.4. The summed E-state index contributed by atoms with van der Waals surface area (Å²) in [6, 6.07) is 9.16. The first-order valence-corrected chi connectivity index (χ1v) is 26.8. The van der Waals surface area contributed by atoms with Crippen molar-refractivity contribution in [3.8, 4) is 11.5 Å². The monoisotopic (exact) mass is 1020 g/mol. The number of nitrogens with one attached hydrogen (secondary N) is 2. The molecule has 2 aliphatic rings. The summed E-state index contributed by atoms with van der Waals surface area (Å²) in [6.07, 6.45) is 1.74. The van der Waals surface area contributed by atoms with E-state index in [0.717, 1.165) is 39.6 Å². The second kappa shape index (κ2) is 20.8. The van der Waals surface area contributed by atoms with Crippen molar-refractivity contribution in [1.29, 1.82) is 0 Å². The number of ketones is 2. The summed E-state index contributed by atoms with van der Waals surface area (Å²) in [5.41, 5.74) is 3.70.